The smallest absolute Gasteiger partial charge is 1.00 e. The van der Waals surface area contributed by atoms with Gasteiger partial charge in [0, 0.05) is 8.07 Å². The minimum atomic E-state index is -1.03. The van der Waals surface area contributed by atoms with E-state index in [0.717, 1.165) is 0 Å². The number of rotatable bonds is 3. The van der Waals surface area contributed by atoms with Gasteiger partial charge in [-0.15, -0.1) is 41.1 Å². The van der Waals surface area contributed by atoms with E-state index in [1.165, 1.54) is 53.1 Å². The van der Waals surface area contributed by atoms with Crippen molar-refractivity contribution in [2.75, 3.05) is 0 Å². The Morgan fingerprint density at radius 1 is 1.03 bits per heavy atom. The van der Waals surface area contributed by atoms with E-state index in [1.807, 2.05) is 0 Å². The van der Waals surface area contributed by atoms with E-state index in [0.29, 0.717) is 0 Å². The van der Waals surface area contributed by atoms with Crippen LogP contribution in [0.4, 0.5) is 0 Å². The molecule has 1 heterocycles. The molecule has 1 aliphatic carbocycles. The number of benzene rings is 1. The van der Waals surface area contributed by atoms with Crippen LogP contribution in [0.1, 0.15) is 54.4 Å². The Labute approximate surface area is 206 Å². The zero-order valence-corrected chi connectivity index (χ0v) is 22.8. The topological polar surface area (TPSA) is 0 Å². The molecule has 29 heavy (non-hydrogen) atoms. The molecule has 0 spiro atoms. The Hall–Kier alpha value is -0.179. The van der Waals surface area contributed by atoms with Crippen molar-refractivity contribution in [1.82, 2.24) is 0 Å². The minimum absolute atomic E-state index is 0. The Morgan fingerprint density at radius 2 is 1.66 bits per heavy atom. The summed E-state index contributed by atoms with van der Waals surface area (Å²) >= 11 is 0. The average Bonchev–Trinajstić information content (AvgIpc) is 3.07. The second kappa shape index (κ2) is 11.4. The van der Waals surface area contributed by atoms with Gasteiger partial charge < -0.3 is 24.8 Å². The first-order chi connectivity index (χ1) is 12.3. The summed E-state index contributed by atoms with van der Waals surface area (Å²) < 4.78 is 0. The Morgan fingerprint density at radius 3 is 2.07 bits per heavy atom. The standard InChI is InChI=1S/C15H19Si.C10H15.2ClH.Ti/c1-2-10-16(11-5-12-16)15-9-8-13-6-3-4-7-14(13)15;1-7-6-10(4,5)9(3)8(7)2;;;/h3-4,6-9H,2,5,10-12H2,1H3;1-5H3;2*1H;/q2*-1;;;+4/p-2. The summed E-state index contributed by atoms with van der Waals surface area (Å²) in [6.45, 7) is 13.3. The second-order valence-electron chi connectivity index (χ2n) is 8.84. The number of hydrogen-bond acceptors (Lipinski definition) is 0. The molecule has 1 fully saturated rings. The van der Waals surface area contributed by atoms with Crippen molar-refractivity contribution in [2.45, 2.75) is 72.5 Å². The van der Waals surface area contributed by atoms with Crippen molar-refractivity contribution in [3.05, 3.63) is 59.2 Å². The molecular formula is C25H34Cl2SiTi. The van der Waals surface area contributed by atoms with E-state index >= 15 is 0 Å². The predicted octanol–water partition coefficient (Wildman–Crippen LogP) is 1.15. The van der Waals surface area contributed by atoms with Crippen molar-refractivity contribution >= 4 is 24.0 Å². The molecule has 0 unspecified atom stereocenters. The molecular weight excluding hydrogens is 447 g/mol. The third-order valence-corrected chi connectivity index (χ3v) is 12.5. The molecule has 0 bridgehead atoms. The average molecular weight is 481 g/mol. The van der Waals surface area contributed by atoms with Gasteiger partial charge in [-0.05, 0) is 0 Å². The fourth-order valence-electron chi connectivity index (χ4n) is 4.76. The normalized spacial score (nSPS) is 18.3. The number of hydrogen-bond donors (Lipinski definition) is 0. The molecule has 0 atom stereocenters. The second-order valence-corrected chi connectivity index (χ2v) is 13.4. The quantitative estimate of drug-likeness (QED) is 0.456. The van der Waals surface area contributed by atoms with Crippen molar-refractivity contribution < 1.29 is 46.5 Å². The van der Waals surface area contributed by atoms with Gasteiger partial charge in [-0.2, -0.15) is 23.3 Å². The van der Waals surface area contributed by atoms with Gasteiger partial charge in [0.15, 0.2) is 0 Å². The molecule has 2 aromatic rings. The van der Waals surface area contributed by atoms with Gasteiger partial charge in [0.25, 0.3) is 0 Å². The summed E-state index contributed by atoms with van der Waals surface area (Å²) in [4.78, 5) is 0. The molecule has 0 saturated carbocycles. The fourth-order valence-corrected chi connectivity index (χ4v) is 9.46. The van der Waals surface area contributed by atoms with Crippen LogP contribution in [0.2, 0.25) is 18.1 Å². The molecule has 0 nitrogen and oxygen atoms in total. The van der Waals surface area contributed by atoms with Gasteiger partial charge in [0.2, 0.25) is 0 Å². The molecule has 0 N–H and O–H groups in total. The third kappa shape index (κ3) is 5.75. The van der Waals surface area contributed by atoms with Crippen LogP contribution < -0.4 is 30.0 Å². The third-order valence-electron chi connectivity index (χ3n) is 6.85. The maximum absolute atomic E-state index is 3.44. The van der Waals surface area contributed by atoms with Gasteiger partial charge in [-0.1, -0.05) is 77.1 Å². The monoisotopic (exact) mass is 480 g/mol. The number of allylic oxidation sites excluding steroid dienone is 4. The molecule has 1 saturated heterocycles. The van der Waals surface area contributed by atoms with Gasteiger partial charge in [-0.25, -0.2) is 5.57 Å². The van der Waals surface area contributed by atoms with Gasteiger partial charge in [-0.3, -0.25) is 6.08 Å². The van der Waals surface area contributed by atoms with E-state index in [4.69, 9.17) is 0 Å². The molecule has 0 amide bonds. The largest absolute Gasteiger partial charge is 4.00 e. The van der Waals surface area contributed by atoms with Crippen LogP contribution in [0.15, 0.2) is 53.1 Å². The summed E-state index contributed by atoms with van der Waals surface area (Å²) in [5.41, 5.74) is 4.39. The molecule has 0 aromatic heterocycles. The van der Waals surface area contributed by atoms with Crippen LogP contribution in [-0.4, -0.2) is 8.07 Å². The molecule has 1 aliphatic heterocycles. The minimum Gasteiger partial charge on any atom is -1.00 e. The van der Waals surface area contributed by atoms with Crippen molar-refractivity contribution in [1.29, 1.82) is 0 Å². The summed E-state index contributed by atoms with van der Waals surface area (Å²) in [7, 11) is -1.03. The SMILES string of the molecule is CC1=[C-]C(C)(C)C(C)=C1C.CCC[Si]1([c-]2ccc3ccccc32)CCC1.[Cl-].[Cl-].[Ti+4]. The molecule has 156 valence electrons. The van der Waals surface area contributed by atoms with Gasteiger partial charge in [0.05, 0.1) is 0 Å². The van der Waals surface area contributed by atoms with Crippen LogP contribution in [0.5, 0.6) is 0 Å². The van der Waals surface area contributed by atoms with Crippen molar-refractivity contribution in [2.24, 2.45) is 5.41 Å². The molecule has 4 rings (SSSR count). The maximum Gasteiger partial charge on any atom is 4.00 e. The van der Waals surface area contributed by atoms with Gasteiger partial charge in [0.1, 0.15) is 0 Å². The zero-order valence-electron chi connectivity index (χ0n) is 18.8. The summed E-state index contributed by atoms with van der Waals surface area (Å²) in [6.07, 6.45) is 6.28. The van der Waals surface area contributed by atoms with Crippen molar-refractivity contribution in [3.63, 3.8) is 0 Å². The Balaban J connectivity index is 0.000000535. The summed E-state index contributed by atoms with van der Waals surface area (Å²) in [5, 5.41) is 4.77. The first kappa shape index (κ1) is 28.8. The van der Waals surface area contributed by atoms with Crippen LogP contribution in [0.25, 0.3) is 10.8 Å². The van der Waals surface area contributed by atoms with E-state index in [-0.39, 0.29) is 51.9 Å². The van der Waals surface area contributed by atoms with Gasteiger partial charge >= 0.3 is 21.7 Å². The van der Waals surface area contributed by atoms with Crippen LogP contribution >= 0.6 is 0 Å². The van der Waals surface area contributed by atoms with Crippen molar-refractivity contribution in [3.8, 4) is 0 Å². The zero-order chi connectivity index (χ0) is 18.9. The number of halogens is 2. The van der Waals surface area contributed by atoms with E-state index < -0.39 is 8.07 Å². The summed E-state index contributed by atoms with van der Waals surface area (Å²) in [5.74, 6) is 0. The first-order valence-corrected chi connectivity index (χ1v) is 12.9. The van der Waals surface area contributed by atoms with Crippen LogP contribution in [0, 0.1) is 11.5 Å². The first-order valence-electron chi connectivity index (χ1n) is 10.3. The maximum atomic E-state index is 3.44. The Bertz CT molecular complexity index is 857. The molecule has 2 aliphatic rings. The Kier molecular flexibility index (Phi) is 11.4. The van der Waals surface area contributed by atoms with E-state index in [1.54, 1.807) is 10.6 Å². The fraction of sp³-hybridized carbons (Fsp3) is 0.480. The number of fused-ring (bicyclic) bond motifs is 1. The van der Waals surface area contributed by atoms with Crippen LogP contribution in [-0.2, 0) is 21.7 Å². The van der Waals surface area contributed by atoms with E-state index in [2.05, 4.69) is 84.0 Å². The molecule has 4 heteroatoms. The predicted molar refractivity (Wildman–Crippen MR) is 119 cm³/mol. The molecule has 2 aromatic carbocycles. The molecule has 0 radical (unpaired) electrons. The summed E-state index contributed by atoms with van der Waals surface area (Å²) in [6, 6.07) is 18.3. The van der Waals surface area contributed by atoms with E-state index in [9.17, 15) is 0 Å². The van der Waals surface area contributed by atoms with Crippen LogP contribution in [0.3, 0.4) is 0 Å².